The predicted molar refractivity (Wildman–Crippen MR) is 161 cm³/mol. The van der Waals surface area contributed by atoms with Crippen molar-refractivity contribution in [3.63, 3.8) is 0 Å². The SMILES string of the molecule is CCC(CC(C)c1ccccc1)c1ccc(C(CCCC(C)(CC)C(=O)O)CC(C)c2ccccc2)cc1. The van der Waals surface area contributed by atoms with Crippen molar-refractivity contribution in [3.8, 4) is 0 Å². The lowest BCUT2D eigenvalue weighted by atomic mass is 9.78. The van der Waals surface area contributed by atoms with Gasteiger partial charge < -0.3 is 5.11 Å². The first-order chi connectivity index (χ1) is 18.3. The smallest absolute Gasteiger partial charge is 0.309 e. The molecule has 0 amide bonds. The van der Waals surface area contributed by atoms with Gasteiger partial charge in [0.15, 0.2) is 0 Å². The van der Waals surface area contributed by atoms with Gasteiger partial charge in [-0.1, -0.05) is 119 Å². The third-order valence-corrected chi connectivity index (χ3v) is 8.96. The van der Waals surface area contributed by atoms with E-state index in [4.69, 9.17) is 0 Å². The van der Waals surface area contributed by atoms with Crippen LogP contribution in [0.5, 0.6) is 0 Å². The fourth-order valence-corrected chi connectivity index (χ4v) is 5.86. The molecule has 0 aliphatic carbocycles. The number of hydrogen-bond acceptors (Lipinski definition) is 1. The molecule has 0 saturated heterocycles. The number of hydrogen-bond donors (Lipinski definition) is 1. The molecule has 5 unspecified atom stereocenters. The Morgan fingerprint density at radius 2 is 1.16 bits per heavy atom. The highest BCUT2D eigenvalue weighted by Crippen LogP contribution is 2.38. The average molecular weight is 513 g/mol. The molecule has 3 aromatic rings. The Hall–Kier alpha value is -2.87. The molecule has 0 aromatic heterocycles. The summed E-state index contributed by atoms with van der Waals surface area (Å²) in [7, 11) is 0. The second-order valence-corrected chi connectivity index (χ2v) is 11.7. The highest BCUT2D eigenvalue weighted by molar-refractivity contribution is 5.73. The number of rotatable bonds is 15. The fourth-order valence-electron chi connectivity index (χ4n) is 5.86. The molecule has 0 saturated carbocycles. The molecule has 0 aliphatic heterocycles. The van der Waals surface area contributed by atoms with Crippen molar-refractivity contribution in [3.05, 3.63) is 107 Å². The highest BCUT2D eigenvalue weighted by atomic mass is 16.4. The number of carboxylic acids is 1. The van der Waals surface area contributed by atoms with E-state index in [0.29, 0.717) is 30.1 Å². The van der Waals surface area contributed by atoms with Gasteiger partial charge in [0, 0.05) is 0 Å². The third-order valence-electron chi connectivity index (χ3n) is 8.96. The van der Waals surface area contributed by atoms with Gasteiger partial charge in [-0.15, -0.1) is 0 Å². The van der Waals surface area contributed by atoms with Crippen molar-refractivity contribution < 1.29 is 9.90 Å². The van der Waals surface area contributed by atoms with E-state index >= 15 is 0 Å². The van der Waals surface area contributed by atoms with Gasteiger partial charge in [-0.25, -0.2) is 0 Å². The summed E-state index contributed by atoms with van der Waals surface area (Å²) in [6, 6.07) is 31.0. The summed E-state index contributed by atoms with van der Waals surface area (Å²) < 4.78 is 0. The first kappa shape index (κ1) is 29.7. The molecule has 2 nitrogen and oxygen atoms in total. The third kappa shape index (κ3) is 8.06. The molecule has 3 aromatic carbocycles. The van der Waals surface area contributed by atoms with Crippen molar-refractivity contribution in [2.24, 2.45) is 5.41 Å². The Labute approximate surface area is 231 Å². The number of carboxylic acid groups (broad SMARTS) is 1. The predicted octanol–water partition coefficient (Wildman–Crippen LogP) is 10.3. The second-order valence-electron chi connectivity index (χ2n) is 11.7. The minimum Gasteiger partial charge on any atom is -0.481 e. The standard InChI is InChI=1S/C36H48O2/c1-6-29(25-27(3)30-15-10-8-11-16-30)32-20-22-33(23-21-32)34(19-14-24-36(5,7-2)35(37)38)26-28(4)31-17-12-9-13-18-31/h8-13,15-18,20-23,27-29,34H,6-7,14,19,24-26H2,1-5H3,(H,37,38). The zero-order valence-corrected chi connectivity index (χ0v) is 24.2. The fraction of sp³-hybridized carbons (Fsp3) is 0.472. The molecule has 2 heteroatoms. The average Bonchev–Trinajstić information content (AvgIpc) is 2.96. The first-order valence-electron chi connectivity index (χ1n) is 14.7. The summed E-state index contributed by atoms with van der Waals surface area (Å²) in [4.78, 5) is 11.9. The Bertz CT molecular complexity index is 1090. The molecular weight excluding hydrogens is 464 g/mol. The van der Waals surface area contributed by atoms with E-state index in [1.165, 1.54) is 22.3 Å². The molecule has 0 fully saturated rings. The van der Waals surface area contributed by atoms with Gasteiger partial charge in [0.25, 0.3) is 0 Å². The van der Waals surface area contributed by atoms with Gasteiger partial charge in [0.2, 0.25) is 0 Å². The summed E-state index contributed by atoms with van der Waals surface area (Å²) >= 11 is 0. The van der Waals surface area contributed by atoms with E-state index < -0.39 is 11.4 Å². The second kappa shape index (κ2) is 14.3. The number of aliphatic carboxylic acids is 1. The quantitative estimate of drug-likeness (QED) is 0.220. The largest absolute Gasteiger partial charge is 0.481 e. The van der Waals surface area contributed by atoms with Crippen molar-refractivity contribution in [1.82, 2.24) is 0 Å². The van der Waals surface area contributed by atoms with E-state index in [-0.39, 0.29) is 0 Å². The lowest BCUT2D eigenvalue weighted by molar-refractivity contribution is -0.148. The summed E-state index contributed by atoms with van der Waals surface area (Å²) in [6.07, 6.45) is 6.69. The first-order valence-corrected chi connectivity index (χ1v) is 14.7. The lowest BCUT2D eigenvalue weighted by Gasteiger charge is -2.26. The van der Waals surface area contributed by atoms with Crippen LogP contribution in [0.4, 0.5) is 0 Å². The Morgan fingerprint density at radius 3 is 1.58 bits per heavy atom. The van der Waals surface area contributed by atoms with Crippen LogP contribution in [0.1, 0.15) is 125 Å². The number of carbonyl (C=O) groups is 1. The maximum atomic E-state index is 11.9. The molecule has 0 aliphatic rings. The topological polar surface area (TPSA) is 37.3 Å². The van der Waals surface area contributed by atoms with E-state index in [0.717, 1.165) is 38.5 Å². The number of benzene rings is 3. The molecule has 204 valence electrons. The maximum absolute atomic E-state index is 11.9. The van der Waals surface area contributed by atoms with Crippen LogP contribution < -0.4 is 0 Å². The molecule has 3 rings (SSSR count). The van der Waals surface area contributed by atoms with Gasteiger partial charge in [0.05, 0.1) is 5.41 Å². The van der Waals surface area contributed by atoms with E-state index in [1.54, 1.807) is 0 Å². The minimum absolute atomic E-state index is 0.414. The molecule has 38 heavy (non-hydrogen) atoms. The van der Waals surface area contributed by atoms with E-state index in [2.05, 4.69) is 106 Å². The van der Waals surface area contributed by atoms with Gasteiger partial charge in [-0.05, 0) is 91.4 Å². The molecule has 0 bridgehead atoms. The summed E-state index contributed by atoms with van der Waals surface area (Å²) in [5, 5.41) is 9.75. The van der Waals surface area contributed by atoms with Crippen LogP contribution in [-0.4, -0.2) is 11.1 Å². The molecule has 0 heterocycles. The maximum Gasteiger partial charge on any atom is 0.309 e. The zero-order valence-electron chi connectivity index (χ0n) is 24.2. The van der Waals surface area contributed by atoms with Crippen molar-refractivity contribution in [2.45, 2.75) is 103 Å². The highest BCUT2D eigenvalue weighted by Gasteiger charge is 2.31. The Balaban J connectivity index is 1.75. The van der Waals surface area contributed by atoms with Crippen LogP contribution in [-0.2, 0) is 4.79 Å². The van der Waals surface area contributed by atoms with Gasteiger partial charge >= 0.3 is 5.97 Å². The van der Waals surface area contributed by atoms with Crippen LogP contribution in [0, 0.1) is 5.41 Å². The van der Waals surface area contributed by atoms with Gasteiger partial charge in [0.1, 0.15) is 0 Å². The molecular formula is C36H48O2. The molecule has 0 radical (unpaired) electrons. The van der Waals surface area contributed by atoms with E-state index in [9.17, 15) is 9.90 Å². The van der Waals surface area contributed by atoms with Crippen LogP contribution >= 0.6 is 0 Å². The summed E-state index contributed by atoms with van der Waals surface area (Å²) in [6.45, 7) is 10.8. The molecule has 0 spiro atoms. The Kier molecular flexibility index (Phi) is 11.2. The normalized spacial score (nSPS) is 16.2. The minimum atomic E-state index is -0.672. The van der Waals surface area contributed by atoms with Crippen LogP contribution in [0.25, 0.3) is 0 Å². The molecule has 5 atom stereocenters. The van der Waals surface area contributed by atoms with Crippen LogP contribution in [0.15, 0.2) is 84.9 Å². The lowest BCUT2D eigenvalue weighted by Crippen LogP contribution is -2.26. The van der Waals surface area contributed by atoms with Crippen LogP contribution in [0.2, 0.25) is 0 Å². The van der Waals surface area contributed by atoms with Crippen LogP contribution in [0.3, 0.4) is 0 Å². The summed E-state index contributed by atoms with van der Waals surface area (Å²) in [5.41, 5.74) is 4.97. The van der Waals surface area contributed by atoms with Gasteiger partial charge in [-0.3, -0.25) is 4.79 Å². The monoisotopic (exact) mass is 512 g/mol. The zero-order chi connectivity index (χ0) is 27.5. The van der Waals surface area contributed by atoms with Crippen molar-refractivity contribution >= 4 is 5.97 Å². The van der Waals surface area contributed by atoms with E-state index in [1.807, 2.05) is 13.8 Å². The van der Waals surface area contributed by atoms with Crippen molar-refractivity contribution in [2.75, 3.05) is 0 Å². The van der Waals surface area contributed by atoms with Gasteiger partial charge in [-0.2, -0.15) is 0 Å². The molecule has 1 N–H and O–H groups in total. The summed E-state index contributed by atoms with van der Waals surface area (Å²) in [5.74, 6) is 1.27. The van der Waals surface area contributed by atoms with Crippen molar-refractivity contribution in [1.29, 1.82) is 0 Å². The Morgan fingerprint density at radius 1 is 0.711 bits per heavy atom.